The molecule has 1 aliphatic heterocycles. The van der Waals surface area contributed by atoms with Crippen LogP contribution in [-0.2, 0) is 9.59 Å². The molecule has 1 amide bonds. The number of piperidine rings is 1. The van der Waals surface area contributed by atoms with Crippen molar-refractivity contribution in [1.29, 1.82) is 0 Å². The molecule has 2 N–H and O–H groups in total. The smallest absolute Gasteiger partial charge is 0.307 e. The first kappa shape index (κ1) is 13.9. The van der Waals surface area contributed by atoms with Crippen molar-refractivity contribution in [2.45, 2.75) is 51.6 Å². The van der Waals surface area contributed by atoms with Crippen molar-refractivity contribution in [3.05, 3.63) is 0 Å². The first-order valence-corrected chi connectivity index (χ1v) is 7.68. The van der Waals surface area contributed by atoms with E-state index < -0.39 is 17.3 Å². The Morgan fingerprint density at radius 1 is 1.10 bits per heavy atom. The van der Waals surface area contributed by atoms with Crippen LogP contribution in [0.5, 0.6) is 0 Å². The third-order valence-corrected chi connectivity index (χ3v) is 5.32. The number of rotatable bonds is 4. The molecule has 3 aliphatic rings. The van der Waals surface area contributed by atoms with Gasteiger partial charge in [0.15, 0.2) is 0 Å². The maximum atomic E-state index is 12.2. The third kappa shape index (κ3) is 2.43. The Morgan fingerprint density at radius 2 is 1.70 bits per heavy atom. The molecule has 2 unspecified atom stereocenters. The Hall–Kier alpha value is -1.10. The van der Waals surface area contributed by atoms with E-state index in [1.807, 2.05) is 13.8 Å². The second-order valence-corrected chi connectivity index (χ2v) is 7.16. The van der Waals surface area contributed by atoms with Crippen LogP contribution in [0.1, 0.15) is 39.5 Å². The van der Waals surface area contributed by atoms with Crippen molar-refractivity contribution in [1.82, 2.24) is 10.2 Å². The minimum Gasteiger partial charge on any atom is -0.481 e. The molecule has 0 aromatic rings. The molecule has 0 aromatic heterocycles. The lowest BCUT2D eigenvalue weighted by Gasteiger charge is -2.32. The van der Waals surface area contributed by atoms with E-state index in [4.69, 9.17) is 5.11 Å². The highest BCUT2D eigenvalue weighted by molar-refractivity contribution is 5.91. The molecule has 5 heteroatoms. The zero-order chi connectivity index (χ0) is 14.5. The van der Waals surface area contributed by atoms with Crippen LogP contribution in [0, 0.1) is 17.3 Å². The highest BCUT2D eigenvalue weighted by Crippen LogP contribution is 2.58. The lowest BCUT2D eigenvalue weighted by Crippen LogP contribution is -2.46. The number of hydrogen-bond donors (Lipinski definition) is 2. The number of likely N-dealkylation sites (tertiary alicyclic amines) is 1. The van der Waals surface area contributed by atoms with E-state index in [0.29, 0.717) is 0 Å². The molecular formula is C15H24N2O3. The van der Waals surface area contributed by atoms with E-state index in [0.717, 1.165) is 32.0 Å². The summed E-state index contributed by atoms with van der Waals surface area (Å²) >= 11 is 0. The maximum absolute atomic E-state index is 12.2. The lowest BCUT2D eigenvalue weighted by molar-refractivity contribution is -0.140. The molecule has 0 radical (unpaired) electrons. The average molecular weight is 280 g/mol. The monoisotopic (exact) mass is 280 g/mol. The van der Waals surface area contributed by atoms with E-state index >= 15 is 0 Å². The fraction of sp³-hybridized carbons (Fsp3) is 0.867. The molecule has 2 aliphatic carbocycles. The number of hydrogen-bond acceptors (Lipinski definition) is 3. The zero-order valence-corrected chi connectivity index (χ0v) is 12.3. The molecule has 1 heterocycles. The summed E-state index contributed by atoms with van der Waals surface area (Å²) in [6, 6.07) is 1.02. The second kappa shape index (κ2) is 4.72. The van der Waals surface area contributed by atoms with Crippen molar-refractivity contribution in [3.63, 3.8) is 0 Å². The van der Waals surface area contributed by atoms with Gasteiger partial charge in [-0.25, -0.2) is 0 Å². The summed E-state index contributed by atoms with van der Waals surface area (Å²) in [6.45, 7) is 5.86. The van der Waals surface area contributed by atoms with Crippen LogP contribution < -0.4 is 5.32 Å². The summed E-state index contributed by atoms with van der Waals surface area (Å²) in [5.74, 6) is -1.79. The van der Waals surface area contributed by atoms with E-state index in [1.165, 1.54) is 12.8 Å². The van der Waals surface area contributed by atoms with Crippen molar-refractivity contribution < 1.29 is 14.7 Å². The van der Waals surface area contributed by atoms with Gasteiger partial charge >= 0.3 is 5.97 Å². The summed E-state index contributed by atoms with van der Waals surface area (Å²) < 4.78 is 0. The predicted molar refractivity (Wildman–Crippen MR) is 74.2 cm³/mol. The molecule has 3 rings (SSSR count). The van der Waals surface area contributed by atoms with Gasteiger partial charge in [0, 0.05) is 25.2 Å². The molecule has 5 nitrogen and oxygen atoms in total. The Labute approximate surface area is 119 Å². The standard InChI is InChI=1S/C15H24N2O3/c1-15(2)11(12(15)14(19)20)13(18)16-9-5-7-17(8-6-9)10-3-4-10/h9-12H,3-8H2,1-2H3,(H,16,18)(H,19,20). The average Bonchev–Trinajstić information content (AvgIpc) is 3.25. The minimum absolute atomic E-state index is 0.0627. The molecule has 2 saturated carbocycles. The van der Waals surface area contributed by atoms with E-state index in [2.05, 4.69) is 10.2 Å². The van der Waals surface area contributed by atoms with Crippen molar-refractivity contribution in [2.75, 3.05) is 13.1 Å². The third-order valence-electron chi connectivity index (χ3n) is 5.32. The molecule has 2 atom stereocenters. The van der Waals surface area contributed by atoms with Gasteiger partial charge in [0.05, 0.1) is 11.8 Å². The van der Waals surface area contributed by atoms with Gasteiger partial charge in [-0.15, -0.1) is 0 Å². The second-order valence-electron chi connectivity index (χ2n) is 7.16. The zero-order valence-electron chi connectivity index (χ0n) is 12.3. The van der Waals surface area contributed by atoms with Crippen molar-refractivity contribution in [3.8, 4) is 0 Å². The molecule has 3 fully saturated rings. The van der Waals surface area contributed by atoms with Crippen LogP contribution in [0.15, 0.2) is 0 Å². The van der Waals surface area contributed by atoms with Gasteiger partial charge in [-0.05, 0) is 31.1 Å². The largest absolute Gasteiger partial charge is 0.481 e. The molecule has 0 spiro atoms. The van der Waals surface area contributed by atoms with Crippen LogP contribution in [0.4, 0.5) is 0 Å². The van der Waals surface area contributed by atoms with Gasteiger partial charge in [0.25, 0.3) is 0 Å². The predicted octanol–water partition coefficient (Wildman–Crippen LogP) is 1.09. The van der Waals surface area contributed by atoms with Crippen LogP contribution in [0.25, 0.3) is 0 Å². The normalized spacial score (nSPS) is 33.7. The van der Waals surface area contributed by atoms with E-state index in [9.17, 15) is 9.59 Å². The number of nitrogens with one attached hydrogen (secondary N) is 1. The summed E-state index contributed by atoms with van der Waals surface area (Å²) in [4.78, 5) is 25.9. The summed E-state index contributed by atoms with van der Waals surface area (Å²) in [5, 5.41) is 12.2. The number of aliphatic carboxylic acids is 1. The summed E-state index contributed by atoms with van der Waals surface area (Å²) in [6.07, 6.45) is 4.64. The lowest BCUT2D eigenvalue weighted by atomic mass is 10.0. The summed E-state index contributed by atoms with van der Waals surface area (Å²) in [5.41, 5.74) is -0.398. The topological polar surface area (TPSA) is 69.6 Å². The van der Waals surface area contributed by atoms with Crippen LogP contribution in [-0.4, -0.2) is 47.1 Å². The van der Waals surface area contributed by atoms with E-state index in [-0.39, 0.29) is 17.9 Å². The minimum atomic E-state index is -0.848. The first-order chi connectivity index (χ1) is 9.41. The highest BCUT2D eigenvalue weighted by atomic mass is 16.4. The van der Waals surface area contributed by atoms with Gasteiger partial charge in [-0.3, -0.25) is 9.59 Å². The Balaban J connectivity index is 1.49. The first-order valence-electron chi connectivity index (χ1n) is 7.68. The van der Waals surface area contributed by atoms with Gasteiger partial charge < -0.3 is 15.3 Å². The Morgan fingerprint density at radius 3 is 2.15 bits per heavy atom. The fourth-order valence-electron chi connectivity index (χ4n) is 3.73. The highest BCUT2D eigenvalue weighted by Gasteiger charge is 2.66. The van der Waals surface area contributed by atoms with Crippen LogP contribution >= 0.6 is 0 Å². The SMILES string of the molecule is CC1(C)C(C(=O)O)C1C(=O)NC1CCN(C2CC2)CC1. The maximum Gasteiger partial charge on any atom is 0.307 e. The van der Waals surface area contributed by atoms with Crippen LogP contribution in [0.2, 0.25) is 0 Å². The number of carboxylic acid groups (broad SMARTS) is 1. The van der Waals surface area contributed by atoms with Gasteiger partial charge in [0.1, 0.15) is 0 Å². The van der Waals surface area contributed by atoms with Crippen molar-refractivity contribution in [2.24, 2.45) is 17.3 Å². The van der Waals surface area contributed by atoms with Crippen LogP contribution in [0.3, 0.4) is 0 Å². The molecule has 1 saturated heterocycles. The van der Waals surface area contributed by atoms with Gasteiger partial charge in [-0.2, -0.15) is 0 Å². The Kier molecular flexibility index (Phi) is 3.27. The van der Waals surface area contributed by atoms with Crippen molar-refractivity contribution >= 4 is 11.9 Å². The number of amides is 1. The molecule has 20 heavy (non-hydrogen) atoms. The quantitative estimate of drug-likeness (QED) is 0.808. The number of carbonyl (C=O) groups is 2. The van der Waals surface area contributed by atoms with Gasteiger partial charge in [0.2, 0.25) is 5.91 Å². The molecule has 0 aromatic carbocycles. The number of carboxylic acids is 1. The van der Waals surface area contributed by atoms with E-state index in [1.54, 1.807) is 0 Å². The van der Waals surface area contributed by atoms with Gasteiger partial charge in [-0.1, -0.05) is 13.8 Å². The molecular weight excluding hydrogens is 256 g/mol. The number of carbonyl (C=O) groups excluding carboxylic acids is 1. The number of nitrogens with zero attached hydrogens (tertiary/aromatic N) is 1. The Bertz CT molecular complexity index is 423. The molecule has 0 bridgehead atoms. The fourth-order valence-corrected chi connectivity index (χ4v) is 3.73. The molecule has 112 valence electrons. The summed E-state index contributed by atoms with van der Waals surface area (Å²) in [7, 11) is 0.